The molecule has 3 nitrogen and oxygen atoms in total. The Hall–Kier alpha value is -0.570. The van der Waals surface area contributed by atoms with Crippen molar-refractivity contribution >= 4 is 5.97 Å². The number of rotatable bonds is 3. The lowest BCUT2D eigenvalue weighted by Gasteiger charge is -2.23. The van der Waals surface area contributed by atoms with Crippen LogP contribution in [0.4, 0.5) is 0 Å². The second-order valence-corrected chi connectivity index (χ2v) is 4.87. The number of carboxylic acids is 1. The van der Waals surface area contributed by atoms with Crippen molar-refractivity contribution in [1.29, 1.82) is 0 Å². The summed E-state index contributed by atoms with van der Waals surface area (Å²) in [6.07, 6.45) is 7.15. The van der Waals surface area contributed by atoms with Crippen LogP contribution in [0.3, 0.4) is 0 Å². The highest BCUT2D eigenvalue weighted by Gasteiger charge is 2.61. The molecule has 0 bridgehead atoms. The lowest BCUT2D eigenvalue weighted by molar-refractivity contribution is -0.143. The monoisotopic (exact) mass is 197 g/mol. The molecule has 2 unspecified atom stereocenters. The van der Waals surface area contributed by atoms with Crippen LogP contribution in [0.25, 0.3) is 0 Å². The molecule has 0 heterocycles. The summed E-state index contributed by atoms with van der Waals surface area (Å²) in [7, 11) is 0. The van der Waals surface area contributed by atoms with Crippen LogP contribution < -0.4 is 5.73 Å². The first-order valence-electron chi connectivity index (χ1n) is 5.64. The Morgan fingerprint density at radius 1 is 1.36 bits per heavy atom. The van der Waals surface area contributed by atoms with Gasteiger partial charge in [0.05, 0.1) is 5.41 Å². The van der Waals surface area contributed by atoms with Gasteiger partial charge in [-0.25, -0.2) is 0 Å². The maximum atomic E-state index is 11.1. The summed E-state index contributed by atoms with van der Waals surface area (Å²) < 4.78 is 0. The average molecular weight is 197 g/mol. The summed E-state index contributed by atoms with van der Waals surface area (Å²) >= 11 is 0. The Balaban J connectivity index is 1.98. The van der Waals surface area contributed by atoms with E-state index in [9.17, 15) is 4.79 Å². The van der Waals surface area contributed by atoms with Crippen molar-refractivity contribution in [3.8, 4) is 0 Å². The van der Waals surface area contributed by atoms with E-state index in [-0.39, 0.29) is 0 Å². The molecular weight excluding hydrogens is 178 g/mol. The summed E-state index contributed by atoms with van der Waals surface area (Å²) in [4.78, 5) is 11.1. The summed E-state index contributed by atoms with van der Waals surface area (Å²) in [6.45, 7) is 0.323. The molecule has 0 aromatic rings. The summed E-state index contributed by atoms with van der Waals surface area (Å²) in [5.41, 5.74) is 5.05. The van der Waals surface area contributed by atoms with Crippen LogP contribution in [0.1, 0.15) is 38.5 Å². The molecule has 0 aliphatic heterocycles. The second kappa shape index (κ2) is 3.54. The van der Waals surface area contributed by atoms with Crippen LogP contribution in [-0.2, 0) is 4.79 Å². The molecule has 0 spiro atoms. The molecular formula is C11H19NO2. The minimum absolute atomic E-state index is 0.323. The Morgan fingerprint density at radius 3 is 2.43 bits per heavy atom. The predicted molar refractivity (Wildman–Crippen MR) is 53.8 cm³/mol. The highest BCUT2D eigenvalue weighted by atomic mass is 16.4. The number of carboxylic acid groups (broad SMARTS) is 1. The van der Waals surface area contributed by atoms with Crippen LogP contribution in [0.2, 0.25) is 0 Å². The molecule has 2 aliphatic carbocycles. The van der Waals surface area contributed by atoms with E-state index in [2.05, 4.69) is 0 Å². The van der Waals surface area contributed by atoms with E-state index in [4.69, 9.17) is 10.8 Å². The van der Waals surface area contributed by atoms with Gasteiger partial charge in [0, 0.05) is 6.54 Å². The van der Waals surface area contributed by atoms with Gasteiger partial charge in [-0.15, -0.1) is 0 Å². The third-order valence-electron chi connectivity index (χ3n) is 4.14. The van der Waals surface area contributed by atoms with Gasteiger partial charge in [0.15, 0.2) is 0 Å². The lowest BCUT2D eigenvalue weighted by atomic mass is 9.82. The fraction of sp³-hybridized carbons (Fsp3) is 0.909. The summed E-state index contributed by atoms with van der Waals surface area (Å²) in [5.74, 6) is 0.351. The highest BCUT2D eigenvalue weighted by molar-refractivity contribution is 5.79. The van der Waals surface area contributed by atoms with Gasteiger partial charge in [0.1, 0.15) is 0 Å². The molecule has 0 aromatic carbocycles. The van der Waals surface area contributed by atoms with Crippen LogP contribution >= 0.6 is 0 Å². The Labute approximate surface area is 84.7 Å². The van der Waals surface area contributed by atoms with E-state index < -0.39 is 11.4 Å². The first kappa shape index (κ1) is 9.97. The zero-order chi connectivity index (χ0) is 10.2. The first-order chi connectivity index (χ1) is 6.70. The minimum atomic E-state index is -0.671. The SMILES string of the molecule is NCC1(C(=O)O)CC1C1CCCCC1. The molecule has 80 valence electrons. The molecule has 14 heavy (non-hydrogen) atoms. The third kappa shape index (κ3) is 1.44. The average Bonchev–Trinajstić information content (AvgIpc) is 2.95. The highest BCUT2D eigenvalue weighted by Crippen LogP contribution is 2.58. The molecule has 2 saturated carbocycles. The van der Waals surface area contributed by atoms with E-state index in [0.717, 1.165) is 6.42 Å². The van der Waals surface area contributed by atoms with Crippen LogP contribution in [0, 0.1) is 17.3 Å². The quantitative estimate of drug-likeness (QED) is 0.722. The molecule has 0 amide bonds. The van der Waals surface area contributed by atoms with Crippen molar-refractivity contribution in [2.45, 2.75) is 38.5 Å². The zero-order valence-electron chi connectivity index (χ0n) is 8.54. The van der Waals surface area contributed by atoms with Gasteiger partial charge in [-0.1, -0.05) is 32.1 Å². The van der Waals surface area contributed by atoms with Gasteiger partial charge in [-0.3, -0.25) is 4.79 Å². The maximum absolute atomic E-state index is 11.1. The third-order valence-corrected chi connectivity index (χ3v) is 4.14. The van der Waals surface area contributed by atoms with Gasteiger partial charge in [0.25, 0.3) is 0 Å². The summed E-state index contributed by atoms with van der Waals surface area (Å²) in [6, 6.07) is 0. The van der Waals surface area contributed by atoms with Gasteiger partial charge in [-0.2, -0.15) is 0 Å². The molecule has 2 rings (SSSR count). The maximum Gasteiger partial charge on any atom is 0.311 e. The van der Waals surface area contributed by atoms with Crippen LogP contribution in [0.5, 0.6) is 0 Å². The van der Waals surface area contributed by atoms with Crippen LogP contribution in [-0.4, -0.2) is 17.6 Å². The molecule has 2 fully saturated rings. The second-order valence-electron chi connectivity index (χ2n) is 4.87. The molecule has 0 radical (unpaired) electrons. The lowest BCUT2D eigenvalue weighted by Crippen LogP contribution is -2.29. The van der Waals surface area contributed by atoms with Gasteiger partial charge in [-0.05, 0) is 18.3 Å². The van der Waals surface area contributed by atoms with Crippen molar-refractivity contribution < 1.29 is 9.90 Å². The first-order valence-corrected chi connectivity index (χ1v) is 5.64. The Bertz CT molecular complexity index is 235. The number of carbonyl (C=O) groups is 1. The Morgan fingerprint density at radius 2 is 2.00 bits per heavy atom. The van der Waals surface area contributed by atoms with E-state index in [0.29, 0.717) is 18.4 Å². The standard InChI is InChI=1S/C11H19NO2/c12-7-11(10(13)14)6-9(11)8-4-2-1-3-5-8/h8-9H,1-7,12H2,(H,13,14). The molecule has 3 heteroatoms. The Kier molecular flexibility index (Phi) is 2.52. The topological polar surface area (TPSA) is 63.3 Å². The predicted octanol–water partition coefficient (Wildman–Crippen LogP) is 1.62. The number of nitrogens with two attached hydrogens (primary N) is 1. The van der Waals surface area contributed by atoms with Crippen molar-refractivity contribution in [3.05, 3.63) is 0 Å². The van der Waals surface area contributed by atoms with Crippen molar-refractivity contribution in [3.63, 3.8) is 0 Å². The number of aliphatic carboxylic acids is 1. The smallest absolute Gasteiger partial charge is 0.311 e. The van der Waals surface area contributed by atoms with E-state index in [1.165, 1.54) is 32.1 Å². The largest absolute Gasteiger partial charge is 0.481 e. The fourth-order valence-electron chi connectivity index (χ4n) is 3.06. The minimum Gasteiger partial charge on any atom is -0.481 e. The fourth-order valence-corrected chi connectivity index (χ4v) is 3.06. The molecule has 2 atom stereocenters. The number of hydrogen-bond acceptors (Lipinski definition) is 2. The van der Waals surface area contributed by atoms with Gasteiger partial charge in [0.2, 0.25) is 0 Å². The van der Waals surface area contributed by atoms with Crippen molar-refractivity contribution in [1.82, 2.24) is 0 Å². The van der Waals surface area contributed by atoms with E-state index in [1.54, 1.807) is 0 Å². The molecule has 0 saturated heterocycles. The van der Waals surface area contributed by atoms with Crippen LogP contribution in [0.15, 0.2) is 0 Å². The summed E-state index contributed by atoms with van der Waals surface area (Å²) in [5, 5.41) is 9.12. The molecule has 0 aromatic heterocycles. The molecule has 3 N–H and O–H groups in total. The normalized spacial score (nSPS) is 38.2. The zero-order valence-corrected chi connectivity index (χ0v) is 8.54. The van der Waals surface area contributed by atoms with Gasteiger partial charge >= 0.3 is 5.97 Å². The van der Waals surface area contributed by atoms with Crippen molar-refractivity contribution in [2.24, 2.45) is 23.0 Å². The van der Waals surface area contributed by atoms with E-state index >= 15 is 0 Å². The molecule has 2 aliphatic rings. The van der Waals surface area contributed by atoms with Gasteiger partial charge < -0.3 is 10.8 Å². The van der Waals surface area contributed by atoms with Crippen molar-refractivity contribution in [2.75, 3.05) is 6.54 Å². The number of hydrogen-bond donors (Lipinski definition) is 2. The van der Waals surface area contributed by atoms with E-state index in [1.807, 2.05) is 0 Å².